The van der Waals surface area contributed by atoms with Gasteiger partial charge in [-0.25, -0.2) is 0 Å². The summed E-state index contributed by atoms with van der Waals surface area (Å²) in [5, 5.41) is 0. The maximum absolute atomic E-state index is 5.33. The zero-order valence-electron chi connectivity index (χ0n) is 6.52. The van der Waals surface area contributed by atoms with Gasteiger partial charge >= 0.3 is 0 Å². The number of rotatable bonds is 3. The van der Waals surface area contributed by atoms with Gasteiger partial charge in [-0.05, 0) is 19.3 Å². The zero-order valence-corrected chi connectivity index (χ0v) is 6.52. The van der Waals surface area contributed by atoms with Crippen LogP contribution in [-0.2, 0) is 0 Å². The van der Waals surface area contributed by atoms with Crippen molar-refractivity contribution in [3.63, 3.8) is 0 Å². The second-order valence-electron chi connectivity index (χ2n) is 2.71. The lowest BCUT2D eigenvalue weighted by Crippen LogP contribution is -2.06. The predicted octanol–water partition coefficient (Wildman–Crippen LogP) is 1.41. The fraction of sp³-hybridized carbons (Fsp3) is 0.857. The molecule has 2 heteroatoms. The Morgan fingerprint density at radius 1 is 1.56 bits per heavy atom. The first-order chi connectivity index (χ1) is 4.13. The standard InChI is InChI=1S/C7H16N2/c1-6(2)4-5-9-7(3)8/h6H,4-5H2,1-3H3,(H2,8,9). The van der Waals surface area contributed by atoms with E-state index in [4.69, 9.17) is 5.73 Å². The van der Waals surface area contributed by atoms with Crippen molar-refractivity contribution in [2.24, 2.45) is 16.6 Å². The Labute approximate surface area is 57.2 Å². The molecule has 0 bridgehead atoms. The van der Waals surface area contributed by atoms with Crippen LogP contribution in [0, 0.1) is 5.92 Å². The molecule has 0 fully saturated rings. The molecule has 2 N–H and O–H groups in total. The molecule has 0 aliphatic rings. The molecule has 0 rings (SSSR count). The molecule has 0 heterocycles. The molecule has 0 aliphatic heterocycles. The van der Waals surface area contributed by atoms with E-state index in [1.807, 2.05) is 6.92 Å². The number of hydrogen-bond acceptors (Lipinski definition) is 1. The van der Waals surface area contributed by atoms with Crippen LogP contribution in [0.2, 0.25) is 0 Å². The molecular formula is C7H16N2. The number of nitrogens with two attached hydrogens (primary N) is 1. The van der Waals surface area contributed by atoms with E-state index >= 15 is 0 Å². The molecule has 0 saturated carbocycles. The summed E-state index contributed by atoms with van der Waals surface area (Å²) in [5.41, 5.74) is 5.33. The molecule has 0 aromatic carbocycles. The highest BCUT2D eigenvalue weighted by atomic mass is 14.8. The van der Waals surface area contributed by atoms with E-state index in [1.165, 1.54) is 0 Å². The molecule has 0 radical (unpaired) electrons. The van der Waals surface area contributed by atoms with Gasteiger partial charge in [0.2, 0.25) is 0 Å². The van der Waals surface area contributed by atoms with Crippen LogP contribution >= 0.6 is 0 Å². The fourth-order valence-corrected chi connectivity index (χ4v) is 0.499. The molecule has 0 atom stereocenters. The van der Waals surface area contributed by atoms with E-state index in [1.54, 1.807) is 0 Å². The molecule has 0 unspecified atom stereocenters. The van der Waals surface area contributed by atoms with Gasteiger partial charge in [-0.2, -0.15) is 0 Å². The van der Waals surface area contributed by atoms with E-state index in [9.17, 15) is 0 Å². The van der Waals surface area contributed by atoms with Crippen molar-refractivity contribution in [2.75, 3.05) is 6.54 Å². The third kappa shape index (κ3) is 7.47. The lowest BCUT2D eigenvalue weighted by molar-refractivity contribution is 0.597. The van der Waals surface area contributed by atoms with Crippen molar-refractivity contribution in [3.05, 3.63) is 0 Å². The van der Waals surface area contributed by atoms with Crippen LogP contribution in [0.3, 0.4) is 0 Å². The molecule has 2 nitrogen and oxygen atoms in total. The monoisotopic (exact) mass is 128 g/mol. The van der Waals surface area contributed by atoms with E-state index in [0.29, 0.717) is 5.84 Å². The summed E-state index contributed by atoms with van der Waals surface area (Å²) < 4.78 is 0. The first kappa shape index (κ1) is 8.47. The second-order valence-corrected chi connectivity index (χ2v) is 2.71. The maximum Gasteiger partial charge on any atom is 0.0905 e. The Hall–Kier alpha value is -0.530. The minimum absolute atomic E-state index is 0.690. The van der Waals surface area contributed by atoms with E-state index in [0.717, 1.165) is 18.9 Å². The normalized spacial score (nSPS) is 12.7. The Bertz CT molecular complexity index is 91.1. The predicted molar refractivity (Wildman–Crippen MR) is 41.6 cm³/mol. The van der Waals surface area contributed by atoms with Gasteiger partial charge in [0.1, 0.15) is 0 Å². The maximum atomic E-state index is 5.33. The fourth-order valence-electron chi connectivity index (χ4n) is 0.499. The minimum Gasteiger partial charge on any atom is -0.388 e. The molecule has 54 valence electrons. The van der Waals surface area contributed by atoms with Gasteiger partial charge in [-0.3, -0.25) is 4.99 Å². The quantitative estimate of drug-likeness (QED) is 0.453. The van der Waals surface area contributed by atoms with Crippen molar-refractivity contribution in [1.82, 2.24) is 0 Å². The average Bonchev–Trinajstić information content (AvgIpc) is 1.63. The third-order valence-electron chi connectivity index (χ3n) is 1.07. The van der Waals surface area contributed by atoms with Crippen molar-refractivity contribution in [1.29, 1.82) is 0 Å². The van der Waals surface area contributed by atoms with Crippen LogP contribution in [0.1, 0.15) is 27.2 Å². The minimum atomic E-state index is 0.690. The van der Waals surface area contributed by atoms with Crippen molar-refractivity contribution in [3.8, 4) is 0 Å². The molecule has 0 aromatic rings. The van der Waals surface area contributed by atoms with Crippen LogP contribution in [0.5, 0.6) is 0 Å². The van der Waals surface area contributed by atoms with Gasteiger partial charge in [0.05, 0.1) is 5.84 Å². The lowest BCUT2D eigenvalue weighted by Gasteiger charge is -1.99. The van der Waals surface area contributed by atoms with Gasteiger partial charge < -0.3 is 5.73 Å². The van der Waals surface area contributed by atoms with E-state index < -0.39 is 0 Å². The molecule has 9 heavy (non-hydrogen) atoms. The number of hydrogen-bond donors (Lipinski definition) is 1. The Morgan fingerprint density at radius 2 is 2.11 bits per heavy atom. The second kappa shape index (κ2) is 4.36. The summed E-state index contributed by atoms with van der Waals surface area (Å²) in [6.45, 7) is 7.06. The van der Waals surface area contributed by atoms with Crippen molar-refractivity contribution in [2.45, 2.75) is 27.2 Å². The highest BCUT2D eigenvalue weighted by Gasteiger charge is 1.90. The van der Waals surface area contributed by atoms with Crippen molar-refractivity contribution >= 4 is 5.84 Å². The Balaban J connectivity index is 3.20. The first-order valence-electron chi connectivity index (χ1n) is 3.39. The average molecular weight is 128 g/mol. The zero-order chi connectivity index (χ0) is 7.28. The van der Waals surface area contributed by atoms with E-state index in [-0.39, 0.29) is 0 Å². The summed E-state index contributed by atoms with van der Waals surface area (Å²) in [4.78, 5) is 4.06. The summed E-state index contributed by atoms with van der Waals surface area (Å²) in [7, 11) is 0. The number of nitrogens with zero attached hydrogens (tertiary/aromatic N) is 1. The van der Waals surface area contributed by atoms with Crippen molar-refractivity contribution < 1.29 is 0 Å². The molecule has 0 aliphatic carbocycles. The lowest BCUT2D eigenvalue weighted by atomic mass is 10.1. The topological polar surface area (TPSA) is 38.4 Å². The van der Waals surface area contributed by atoms with Gasteiger partial charge in [-0.1, -0.05) is 13.8 Å². The van der Waals surface area contributed by atoms with Crippen LogP contribution in [0.25, 0.3) is 0 Å². The number of aliphatic imine (C=N–C) groups is 1. The SMILES string of the molecule is CC(N)=NCCC(C)C. The summed E-state index contributed by atoms with van der Waals surface area (Å²) in [6.07, 6.45) is 1.13. The van der Waals surface area contributed by atoms with Crippen LogP contribution < -0.4 is 5.73 Å². The highest BCUT2D eigenvalue weighted by molar-refractivity contribution is 5.77. The smallest absolute Gasteiger partial charge is 0.0905 e. The Morgan fingerprint density at radius 3 is 2.44 bits per heavy atom. The number of amidine groups is 1. The molecule has 0 amide bonds. The van der Waals surface area contributed by atoms with Gasteiger partial charge in [0.15, 0.2) is 0 Å². The first-order valence-corrected chi connectivity index (χ1v) is 3.39. The molecule has 0 saturated heterocycles. The van der Waals surface area contributed by atoms with Crippen LogP contribution in [0.15, 0.2) is 4.99 Å². The molecule has 0 spiro atoms. The largest absolute Gasteiger partial charge is 0.388 e. The third-order valence-corrected chi connectivity index (χ3v) is 1.07. The molecular weight excluding hydrogens is 112 g/mol. The van der Waals surface area contributed by atoms with Gasteiger partial charge in [0, 0.05) is 6.54 Å². The van der Waals surface area contributed by atoms with E-state index in [2.05, 4.69) is 18.8 Å². The van der Waals surface area contributed by atoms with Crippen LogP contribution in [0.4, 0.5) is 0 Å². The Kier molecular flexibility index (Phi) is 4.10. The highest BCUT2D eigenvalue weighted by Crippen LogP contribution is 1.97. The summed E-state index contributed by atoms with van der Waals surface area (Å²) in [5.74, 6) is 1.42. The van der Waals surface area contributed by atoms with Crippen LogP contribution in [-0.4, -0.2) is 12.4 Å². The van der Waals surface area contributed by atoms with Gasteiger partial charge in [-0.15, -0.1) is 0 Å². The summed E-state index contributed by atoms with van der Waals surface area (Å²) in [6, 6.07) is 0. The summed E-state index contributed by atoms with van der Waals surface area (Å²) >= 11 is 0. The molecule has 0 aromatic heterocycles. The van der Waals surface area contributed by atoms with Gasteiger partial charge in [0.25, 0.3) is 0 Å².